The lowest BCUT2D eigenvalue weighted by Crippen LogP contribution is -2.22. The summed E-state index contributed by atoms with van der Waals surface area (Å²) in [5.41, 5.74) is 7.71. The van der Waals surface area contributed by atoms with Crippen molar-refractivity contribution >= 4 is 23.1 Å². The summed E-state index contributed by atoms with van der Waals surface area (Å²) in [5.74, 6) is 1.29. The van der Waals surface area contributed by atoms with Gasteiger partial charge in [0, 0.05) is 23.8 Å². The van der Waals surface area contributed by atoms with E-state index >= 15 is 0 Å². The van der Waals surface area contributed by atoms with Gasteiger partial charge in [0.05, 0.1) is 6.20 Å². The van der Waals surface area contributed by atoms with Gasteiger partial charge in [-0.05, 0) is 25.2 Å². The average molecular weight is 294 g/mol. The van der Waals surface area contributed by atoms with Gasteiger partial charge in [-0.15, -0.1) is 0 Å². The number of nitrogens with two attached hydrogens (primary N) is 1. The molecule has 0 aliphatic heterocycles. The molecule has 1 saturated carbocycles. The quantitative estimate of drug-likeness (QED) is 0.913. The molecular formula is C14H20ClN5. The Balaban J connectivity index is 1.99. The van der Waals surface area contributed by atoms with Crippen LogP contribution < -0.4 is 11.1 Å². The Morgan fingerprint density at radius 3 is 2.90 bits per heavy atom. The molecule has 0 saturated heterocycles. The first-order valence-corrected chi connectivity index (χ1v) is 7.48. The molecular weight excluding hydrogens is 274 g/mol. The van der Waals surface area contributed by atoms with Gasteiger partial charge in [0.2, 0.25) is 0 Å². The van der Waals surface area contributed by atoms with Crippen molar-refractivity contribution in [1.82, 2.24) is 14.6 Å². The minimum absolute atomic E-state index is 0.301. The topological polar surface area (TPSA) is 68.2 Å². The number of anilines is 1. The second kappa shape index (κ2) is 5.22. The van der Waals surface area contributed by atoms with Gasteiger partial charge in [-0.2, -0.15) is 9.61 Å². The molecule has 108 valence electrons. The molecule has 0 amide bonds. The molecule has 3 rings (SSSR count). The zero-order valence-corrected chi connectivity index (χ0v) is 12.6. The zero-order chi connectivity index (χ0) is 14.3. The molecule has 0 radical (unpaired) electrons. The highest BCUT2D eigenvalue weighted by Crippen LogP contribution is 2.26. The highest BCUT2D eigenvalue weighted by Gasteiger charge is 2.23. The fourth-order valence-electron chi connectivity index (χ4n) is 2.71. The Labute approximate surface area is 123 Å². The monoisotopic (exact) mass is 293 g/mol. The van der Waals surface area contributed by atoms with E-state index in [1.54, 1.807) is 10.7 Å². The third kappa shape index (κ3) is 2.47. The van der Waals surface area contributed by atoms with Crippen molar-refractivity contribution in [2.24, 2.45) is 5.73 Å². The van der Waals surface area contributed by atoms with Gasteiger partial charge in [-0.3, -0.25) is 0 Å². The van der Waals surface area contributed by atoms with Crippen LogP contribution in [0.3, 0.4) is 0 Å². The summed E-state index contributed by atoms with van der Waals surface area (Å²) in [6.45, 7) is 4.25. The normalized spacial score (nSPS) is 22.9. The zero-order valence-electron chi connectivity index (χ0n) is 11.8. The number of rotatable bonds is 3. The van der Waals surface area contributed by atoms with Crippen LogP contribution in [0.2, 0.25) is 5.02 Å². The van der Waals surface area contributed by atoms with E-state index in [0.717, 1.165) is 30.8 Å². The van der Waals surface area contributed by atoms with Gasteiger partial charge in [0.15, 0.2) is 5.65 Å². The summed E-state index contributed by atoms with van der Waals surface area (Å²) in [4.78, 5) is 4.59. The average Bonchev–Trinajstić information content (AvgIpc) is 2.97. The van der Waals surface area contributed by atoms with Crippen LogP contribution in [-0.4, -0.2) is 26.7 Å². The van der Waals surface area contributed by atoms with Crippen molar-refractivity contribution in [2.45, 2.75) is 51.1 Å². The van der Waals surface area contributed by atoms with Crippen molar-refractivity contribution in [3.05, 3.63) is 23.0 Å². The maximum absolute atomic E-state index is 6.17. The largest absolute Gasteiger partial charge is 0.367 e. The highest BCUT2D eigenvalue weighted by atomic mass is 35.5. The fraction of sp³-hybridized carbons (Fsp3) is 0.571. The van der Waals surface area contributed by atoms with Crippen LogP contribution in [0, 0.1) is 0 Å². The van der Waals surface area contributed by atoms with Crippen molar-refractivity contribution in [1.29, 1.82) is 0 Å². The van der Waals surface area contributed by atoms with E-state index in [-0.39, 0.29) is 0 Å². The molecule has 5 nitrogen and oxygen atoms in total. The summed E-state index contributed by atoms with van der Waals surface area (Å²) >= 11 is 6.17. The molecule has 1 aliphatic rings. The highest BCUT2D eigenvalue weighted by molar-refractivity contribution is 6.33. The van der Waals surface area contributed by atoms with Gasteiger partial charge in [0.1, 0.15) is 10.8 Å². The minimum atomic E-state index is 0.301. The number of nitrogens with one attached hydrogen (secondary N) is 1. The Hall–Kier alpha value is -1.33. The van der Waals surface area contributed by atoms with Crippen molar-refractivity contribution < 1.29 is 0 Å². The molecule has 1 fully saturated rings. The predicted molar refractivity (Wildman–Crippen MR) is 81.3 cm³/mol. The number of fused-ring (bicyclic) bond motifs is 1. The lowest BCUT2D eigenvalue weighted by Gasteiger charge is -2.16. The molecule has 0 unspecified atom stereocenters. The van der Waals surface area contributed by atoms with Crippen molar-refractivity contribution in [3.63, 3.8) is 0 Å². The second-order valence-corrected chi connectivity index (χ2v) is 6.27. The van der Waals surface area contributed by atoms with Crippen LogP contribution in [0.4, 0.5) is 5.82 Å². The summed E-state index contributed by atoms with van der Waals surface area (Å²) in [6, 6.07) is 2.76. The molecule has 2 aromatic heterocycles. The summed E-state index contributed by atoms with van der Waals surface area (Å²) in [5, 5.41) is 8.43. The third-order valence-electron chi connectivity index (χ3n) is 3.87. The molecule has 2 aromatic rings. The molecule has 3 N–H and O–H groups in total. The SMILES string of the molecule is CC(C)c1cc(N[C@H]2CC[C@H](N)C2)n2ncc(Cl)c2n1. The lowest BCUT2D eigenvalue weighted by molar-refractivity contribution is 0.683. The van der Waals surface area contributed by atoms with E-state index in [1.807, 2.05) is 0 Å². The fourth-order valence-corrected chi connectivity index (χ4v) is 2.88. The van der Waals surface area contributed by atoms with Gasteiger partial charge in [0.25, 0.3) is 0 Å². The van der Waals surface area contributed by atoms with E-state index in [4.69, 9.17) is 17.3 Å². The smallest absolute Gasteiger partial charge is 0.176 e. The Bertz CT molecular complexity index is 621. The minimum Gasteiger partial charge on any atom is -0.367 e. The van der Waals surface area contributed by atoms with Gasteiger partial charge in [-0.25, -0.2) is 4.98 Å². The van der Waals surface area contributed by atoms with Crippen LogP contribution in [0.1, 0.15) is 44.7 Å². The van der Waals surface area contributed by atoms with Crippen LogP contribution >= 0.6 is 11.6 Å². The number of nitrogens with zero attached hydrogens (tertiary/aromatic N) is 3. The number of hydrogen-bond donors (Lipinski definition) is 2. The molecule has 20 heavy (non-hydrogen) atoms. The number of aromatic nitrogens is 3. The summed E-state index contributed by atoms with van der Waals surface area (Å²) in [6.07, 6.45) is 4.80. The Morgan fingerprint density at radius 2 is 2.25 bits per heavy atom. The van der Waals surface area contributed by atoms with Crippen LogP contribution in [-0.2, 0) is 0 Å². The second-order valence-electron chi connectivity index (χ2n) is 5.86. The van der Waals surface area contributed by atoms with Crippen LogP contribution in [0.15, 0.2) is 12.3 Å². The van der Waals surface area contributed by atoms with E-state index in [9.17, 15) is 0 Å². The van der Waals surface area contributed by atoms with Crippen molar-refractivity contribution in [3.8, 4) is 0 Å². The maximum atomic E-state index is 6.17. The maximum Gasteiger partial charge on any atom is 0.176 e. The summed E-state index contributed by atoms with van der Waals surface area (Å²) < 4.78 is 1.78. The van der Waals surface area contributed by atoms with E-state index < -0.39 is 0 Å². The Morgan fingerprint density at radius 1 is 1.45 bits per heavy atom. The molecule has 2 atom stereocenters. The molecule has 6 heteroatoms. The van der Waals surface area contributed by atoms with E-state index in [2.05, 4.69) is 35.3 Å². The number of halogens is 1. The first-order chi connectivity index (χ1) is 9.54. The third-order valence-corrected chi connectivity index (χ3v) is 4.13. The van der Waals surface area contributed by atoms with Gasteiger partial charge < -0.3 is 11.1 Å². The van der Waals surface area contributed by atoms with E-state index in [1.165, 1.54) is 0 Å². The van der Waals surface area contributed by atoms with Crippen LogP contribution in [0.5, 0.6) is 0 Å². The first kappa shape index (κ1) is 13.6. The standard InChI is InChI=1S/C14H20ClN5/c1-8(2)12-6-13(18-10-4-3-9(16)5-10)20-14(19-12)11(15)7-17-20/h6-10,18H,3-5,16H2,1-2H3/t9-,10-/m0/s1. The molecule has 2 heterocycles. The first-order valence-electron chi connectivity index (χ1n) is 7.11. The molecule has 0 bridgehead atoms. The Kier molecular flexibility index (Phi) is 3.56. The predicted octanol–water partition coefficient (Wildman–Crippen LogP) is 2.80. The van der Waals surface area contributed by atoms with Crippen molar-refractivity contribution in [2.75, 3.05) is 5.32 Å². The van der Waals surface area contributed by atoms with Gasteiger partial charge in [-0.1, -0.05) is 25.4 Å². The molecule has 0 spiro atoms. The molecule has 0 aromatic carbocycles. The van der Waals surface area contributed by atoms with Gasteiger partial charge >= 0.3 is 0 Å². The summed E-state index contributed by atoms with van der Waals surface area (Å²) in [7, 11) is 0. The number of hydrogen-bond acceptors (Lipinski definition) is 4. The lowest BCUT2D eigenvalue weighted by atomic mass is 10.1. The molecule has 1 aliphatic carbocycles. The van der Waals surface area contributed by atoms with Crippen LogP contribution in [0.25, 0.3) is 5.65 Å². The van der Waals surface area contributed by atoms with E-state index in [0.29, 0.717) is 28.7 Å².